The van der Waals surface area contributed by atoms with Crippen LogP contribution in [0, 0.1) is 6.92 Å². The maximum absolute atomic E-state index is 12.8. The molecule has 22 heavy (non-hydrogen) atoms. The van der Waals surface area contributed by atoms with Crippen molar-refractivity contribution in [2.75, 3.05) is 5.43 Å². The molecule has 0 unspecified atom stereocenters. The lowest BCUT2D eigenvalue weighted by Crippen LogP contribution is -2.31. The van der Waals surface area contributed by atoms with E-state index >= 15 is 0 Å². The van der Waals surface area contributed by atoms with Crippen LogP contribution in [0.2, 0.25) is 0 Å². The summed E-state index contributed by atoms with van der Waals surface area (Å²) in [6, 6.07) is 6.36. The first-order valence-corrected chi connectivity index (χ1v) is 8.04. The van der Waals surface area contributed by atoms with Gasteiger partial charge in [0.1, 0.15) is 4.90 Å². The SMILES string of the molecule is Cc1[nH]nc(C(F)(F)F)c1S(=O)(=O)NNc1ccc(Br)cc1. The monoisotopic (exact) mass is 398 g/mol. The Hall–Kier alpha value is -1.59. The van der Waals surface area contributed by atoms with Crippen molar-refractivity contribution in [2.24, 2.45) is 0 Å². The summed E-state index contributed by atoms with van der Waals surface area (Å²) in [5, 5.41) is 5.05. The van der Waals surface area contributed by atoms with Crippen LogP contribution in [0.1, 0.15) is 11.4 Å². The number of sulfonamides is 1. The van der Waals surface area contributed by atoms with Gasteiger partial charge in [0.25, 0.3) is 10.0 Å². The summed E-state index contributed by atoms with van der Waals surface area (Å²) < 4.78 is 63.3. The normalized spacial score (nSPS) is 12.4. The molecule has 0 fully saturated rings. The first kappa shape index (κ1) is 16.8. The number of hydrazine groups is 1. The number of nitrogens with one attached hydrogen (secondary N) is 3. The standard InChI is InChI=1S/C11H10BrF3N4O2S/c1-6-9(10(18-16-6)11(13,14)15)22(20,21)19-17-8-4-2-7(12)3-5-8/h2-5,17,19H,1H3,(H,16,18). The Morgan fingerprint density at radius 1 is 1.23 bits per heavy atom. The molecule has 6 nitrogen and oxygen atoms in total. The lowest BCUT2D eigenvalue weighted by molar-refractivity contribution is -0.143. The number of anilines is 1. The maximum Gasteiger partial charge on any atom is 0.436 e. The fourth-order valence-corrected chi connectivity index (χ4v) is 3.13. The minimum absolute atomic E-state index is 0.211. The van der Waals surface area contributed by atoms with Crippen molar-refractivity contribution in [3.05, 3.63) is 40.1 Å². The molecular weight excluding hydrogens is 389 g/mol. The van der Waals surface area contributed by atoms with Crippen molar-refractivity contribution in [3.63, 3.8) is 0 Å². The Morgan fingerprint density at radius 2 is 1.82 bits per heavy atom. The van der Waals surface area contributed by atoms with Gasteiger partial charge in [-0.15, -0.1) is 4.83 Å². The Balaban J connectivity index is 2.28. The number of benzene rings is 1. The van der Waals surface area contributed by atoms with E-state index in [0.717, 1.165) is 4.47 Å². The first-order chi connectivity index (χ1) is 10.1. The molecule has 1 aromatic heterocycles. The predicted molar refractivity (Wildman–Crippen MR) is 76.4 cm³/mol. The quantitative estimate of drug-likeness (QED) is 0.691. The van der Waals surface area contributed by atoms with Crippen LogP contribution < -0.4 is 10.3 Å². The van der Waals surface area contributed by atoms with Crippen LogP contribution in [0.15, 0.2) is 33.6 Å². The van der Waals surface area contributed by atoms with E-state index in [1.54, 1.807) is 24.3 Å². The predicted octanol–water partition coefficient (Wildman–Crippen LogP) is 2.80. The van der Waals surface area contributed by atoms with Gasteiger partial charge in [-0.2, -0.15) is 18.3 Å². The van der Waals surface area contributed by atoms with Gasteiger partial charge in [-0.1, -0.05) is 15.9 Å². The number of hydrogen-bond donors (Lipinski definition) is 3. The highest BCUT2D eigenvalue weighted by atomic mass is 79.9. The highest BCUT2D eigenvalue weighted by Gasteiger charge is 2.41. The second kappa shape index (κ2) is 5.89. The van der Waals surface area contributed by atoms with Crippen LogP contribution in [0.4, 0.5) is 18.9 Å². The fraction of sp³-hybridized carbons (Fsp3) is 0.182. The van der Waals surface area contributed by atoms with Gasteiger partial charge in [-0.05, 0) is 31.2 Å². The van der Waals surface area contributed by atoms with E-state index in [2.05, 4.69) is 26.5 Å². The van der Waals surface area contributed by atoms with E-state index in [0.29, 0.717) is 5.69 Å². The van der Waals surface area contributed by atoms with Crippen molar-refractivity contribution >= 4 is 31.6 Å². The summed E-state index contributed by atoms with van der Waals surface area (Å²) in [6.07, 6.45) is -4.88. The van der Waals surface area contributed by atoms with E-state index in [1.807, 2.05) is 9.93 Å². The molecule has 1 aromatic carbocycles. The summed E-state index contributed by atoms with van der Waals surface area (Å²) in [7, 11) is -4.46. The molecule has 2 aromatic rings. The van der Waals surface area contributed by atoms with Gasteiger partial charge < -0.3 is 5.43 Å². The highest BCUT2D eigenvalue weighted by Crippen LogP contribution is 2.33. The van der Waals surface area contributed by atoms with Gasteiger partial charge in [-0.3, -0.25) is 5.10 Å². The molecule has 0 saturated carbocycles. The minimum Gasteiger partial charge on any atom is -0.308 e. The summed E-state index contributed by atoms with van der Waals surface area (Å²) >= 11 is 3.20. The molecule has 0 atom stereocenters. The zero-order chi connectivity index (χ0) is 16.5. The van der Waals surface area contributed by atoms with Crippen molar-refractivity contribution in [1.82, 2.24) is 15.0 Å². The van der Waals surface area contributed by atoms with E-state index in [-0.39, 0.29) is 5.69 Å². The summed E-state index contributed by atoms with van der Waals surface area (Å²) in [5.41, 5.74) is 1.000. The van der Waals surface area contributed by atoms with Crippen LogP contribution in [-0.4, -0.2) is 18.6 Å². The molecule has 3 N–H and O–H groups in total. The highest BCUT2D eigenvalue weighted by molar-refractivity contribution is 9.10. The number of alkyl halides is 3. The van der Waals surface area contributed by atoms with E-state index < -0.39 is 26.8 Å². The van der Waals surface area contributed by atoms with Gasteiger partial charge in [0.15, 0.2) is 5.69 Å². The number of aromatic amines is 1. The molecule has 0 saturated heterocycles. The largest absolute Gasteiger partial charge is 0.436 e. The smallest absolute Gasteiger partial charge is 0.308 e. The second-order valence-electron chi connectivity index (χ2n) is 4.26. The molecule has 0 aliphatic carbocycles. The number of nitrogens with zero attached hydrogens (tertiary/aromatic N) is 1. The fourth-order valence-electron chi connectivity index (χ4n) is 1.65. The topological polar surface area (TPSA) is 86.9 Å². The van der Waals surface area contributed by atoms with Crippen LogP contribution in [-0.2, 0) is 16.2 Å². The van der Waals surface area contributed by atoms with E-state index in [1.165, 1.54) is 6.92 Å². The average molecular weight is 399 g/mol. The number of aryl methyl sites for hydroxylation is 1. The Bertz CT molecular complexity index is 772. The van der Waals surface area contributed by atoms with Gasteiger partial charge in [-0.25, -0.2) is 8.42 Å². The van der Waals surface area contributed by atoms with E-state index in [9.17, 15) is 21.6 Å². The van der Waals surface area contributed by atoms with Crippen molar-refractivity contribution in [1.29, 1.82) is 0 Å². The van der Waals surface area contributed by atoms with Crippen molar-refractivity contribution in [2.45, 2.75) is 18.0 Å². The molecule has 0 radical (unpaired) electrons. The molecule has 2 rings (SSSR count). The third-order valence-electron chi connectivity index (χ3n) is 2.60. The third-order valence-corrected chi connectivity index (χ3v) is 4.54. The Morgan fingerprint density at radius 3 is 2.36 bits per heavy atom. The molecule has 0 aliphatic heterocycles. The third kappa shape index (κ3) is 3.59. The van der Waals surface area contributed by atoms with Crippen LogP contribution in [0.25, 0.3) is 0 Å². The summed E-state index contributed by atoms with van der Waals surface area (Å²) in [6.45, 7) is 1.19. The zero-order valence-electron chi connectivity index (χ0n) is 11.0. The van der Waals surface area contributed by atoms with Crippen molar-refractivity contribution in [3.8, 4) is 0 Å². The number of halogens is 4. The van der Waals surface area contributed by atoms with E-state index in [4.69, 9.17) is 0 Å². The van der Waals surface area contributed by atoms with Crippen LogP contribution >= 0.6 is 15.9 Å². The first-order valence-electron chi connectivity index (χ1n) is 5.77. The summed E-state index contributed by atoms with van der Waals surface area (Å²) in [5.74, 6) is 0. The second-order valence-corrected chi connectivity index (χ2v) is 6.80. The molecule has 0 aliphatic rings. The molecule has 11 heteroatoms. The molecule has 0 bridgehead atoms. The molecule has 1 heterocycles. The number of aromatic nitrogens is 2. The van der Waals surface area contributed by atoms with Crippen LogP contribution in [0.5, 0.6) is 0 Å². The lowest BCUT2D eigenvalue weighted by atomic mass is 10.3. The minimum atomic E-state index is -4.88. The molecule has 0 spiro atoms. The number of H-pyrrole nitrogens is 1. The van der Waals surface area contributed by atoms with Gasteiger partial charge in [0.2, 0.25) is 0 Å². The summed E-state index contributed by atoms with van der Waals surface area (Å²) in [4.78, 5) is 0.957. The lowest BCUT2D eigenvalue weighted by Gasteiger charge is -2.11. The maximum atomic E-state index is 12.8. The molecule has 0 amide bonds. The molecule has 120 valence electrons. The Kier molecular flexibility index (Phi) is 4.49. The van der Waals surface area contributed by atoms with Gasteiger partial charge in [0.05, 0.1) is 5.69 Å². The number of hydrogen-bond acceptors (Lipinski definition) is 4. The Labute approximate surface area is 132 Å². The van der Waals surface area contributed by atoms with Gasteiger partial charge >= 0.3 is 6.18 Å². The van der Waals surface area contributed by atoms with Gasteiger partial charge in [0, 0.05) is 10.2 Å². The van der Waals surface area contributed by atoms with Crippen molar-refractivity contribution < 1.29 is 21.6 Å². The zero-order valence-corrected chi connectivity index (χ0v) is 13.4. The molecular formula is C11H10BrF3N4O2S. The van der Waals surface area contributed by atoms with Crippen LogP contribution in [0.3, 0.4) is 0 Å². The average Bonchev–Trinajstić information content (AvgIpc) is 2.81. The number of rotatable bonds is 4.